The van der Waals surface area contributed by atoms with E-state index in [1.54, 1.807) is 11.9 Å². The Morgan fingerprint density at radius 3 is 2.61 bits per heavy atom. The van der Waals surface area contributed by atoms with Crippen LogP contribution in [0.25, 0.3) is 0 Å². The van der Waals surface area contributed by atoms with Gasteiger partial charge in [0.2, 0.25) is 0 Å². The molecule has 0 bridgehead atoms. The van der Waals surface area contributed by atoms with Gasteiger partial charge in [0.05, 0.1) is 11.4 Å². The topological polar surface area (TPSA) is 38.5 Å². The van der Waals surface area contributed by atoms with Gasteiger partial charge in [-0.2, -0.15) is 8.78 Å². The first-order chi connectivity index (χ1) is 8.45. The molecule has 0 heterocycles. The molecule has 0 aliphatic rings. The summed E-state index contributed by atoms with van der Waals surface area (Å²) in [4.78, 5) is 1.79. The van der Waals surface area contributed by atoms with Gasteiger partial charge >= 0.3 is 6.61 Å². The highest BCUT2D eigenvalue weighted by Crippen LogP contribution is 2.31. The van der Waals surface area contributed by atoms with Crippen molar-refractivity contribution in [2.45, 2.75) is 26.4 Å². The van der Waals surface area contributed by atoms with E-state index in [0.717, 1.165) is 18.9 Å². The molecule has 0 unspecified atom stereocenters. The molecule has 0 atom stereocenters. The van der Waals surface area contributed by atoms with Crippen molar-refractivity contribution in [3.05, 3.63) is 17.9 Å². The molecule has 3 nitrogen and oxygen atoms in total. The smallest absolute Gasteiger partial charge is 0.387 e. The molecule has 0 aromatic heterocycles. The Hall–Kier alpha value is -1.59. The van der Waals surface area contributed by atoms with Crippen LogP contribution >= 0.6 is 0 Å². The summed E-state index contributed by atoms with van der Waals surface area (Å²) in [5.41, 5.74) is 6.36. The fourth-order valence-electron chi connectivity index (χ4n) is 1.59. The Kier molecular flexibility index (Phi) is 5.12. The highest BCUT2D eigenvalue weighted by atomic mass is 19.3. The van der Waals surface area contributed by atoms with Gasteiger partial charge in [0.1, 0.15) is 0 Å². The SMILES string of the molecule is CCCCN(C)c1cc(OC(F)F)c(F)cc1N. The van der Waals surface area contributed by atoms with E-state index < -0.39 is 18.2 Å². The molecule has 2 N–H and O–H groups in total. The fourth-order valence-corrected chi connectivity index (χ4v) is 1.59. The number of benzene rings is 1. The molecule has 6 heteroatoms. The molecule has 0 aliphatic carbocycles. The first-order valence-electron chi connectivity index (χ1n) is 5.70. The summed E-state index contributed by atoms with van der Waals surface area (Å²) in [6.07, 6.45) is 1.92. The zero-order chi connectivity index (χ0) is 13.7. The van der Waals surface area contributed by atoms with Crippen LogP contribution in [0.5, 0.6) is 5.75 Å². The largest absolute Gasteiger partial charge is 0.432 e. The third kappa shape index (κ3) is 3.72. The minimum absolute atomic E-state index is 0.202. The molecule has 1 aromatic carbocycles. The second-order valence-electron chi connectivity index (χ2n) is 4.00. The number of rotatable bonds is 6. The monoisotopic (exact) mass is 262 g/mol. The van der Waals surface area contributed by atoms with Crippen molar-refractivity contribution in [2.24, 2.45) is 0 Å². The van der Waals surface area contributed by atoms with Crippen molar-refractivity contribution in [2.75, 3.05) is 24.2 Å². The van der Waals surface area contributed by atoms with Crippen LogP contribution in [0.1, 0.15) is 19.8 Å². The van der Waals surface area contributed by atoms with Gasteiger partial charge in [-0.1, -0.05) is 13.3 Å². The number of alkyl halides is 2. The lowest BCUT2D eigenvalue weighted by molar-refractivity contribution is -0.0521. The molecular weight excluding hydrogens is 245 g/mol. The Morgan fingerprint density at radius 1 is 1.39 bits per heavy atom. The molecule has 0 radical (unpaired) electrons. The van der Waals surface area contributed by atoms with E-state index in [4.69, 9.17) is 5.73 Å². The predicted octanol–water partition coefficient (Wildman–Crippen LogP) is 3.25. The summed E-state index contributed by atoms with van der Waals surface area (Å²) in [7, 11) is 1.77. The number of anilines is 2. The minimum Gasteiger partial charge on any atom is -0.432 e. The van der Waals surface area contributed by atoms with Gasteiger partial charge in [0.15, 0.2) is 11.6 Å². The maximum atomic E-state index is 13.3. The number of nitrogens with zero attached hydrogens (tertiary/aromatic N) is 1. The van der Waals surface area contributed by atoms with Crippen LogP contribution in [0.2, 0.25) is 0 Å². The Morgan fingerprint density at radius 2 is 2.06 bits per heavy atom. The summed E-state index contributed by atoms with van der Waals surface area (Å²) in [6, 6.07) is 2.20. The molecule has 1 aromatic rings. The molecule has 0 spiro atoms. The number of ether oxygens (including phenoxy) is 1. The van der Waals surface area contributed by atoms with E-state index >= 15 is 0 Å². The summed E-state index contributed by atoms with van der Waals surface area (Å²) in [5, 5.41) is 0. The van der Waals surface area contributed by atoms with Crippen LogP contribution in [-0.2, 0) is 0 Å². The third-order valence-electron chi connectivity index (χ3n) is 2.56. The van der Waals surface area contributed by atoms with E-state index in [2.05, 4.69) is 4.74 Å². The number of hydrogen-bond acceptors (Lipinski definition) is 3. The zero-order valence-corrected chi connectivity index (χ0v) is 10.4. The van der Waals surface area contributed by atoms with Crippen molar-refractivity contribution in [3.8, 4) is 5.75 Å². The molecule has 0 aliphatic heterocycles. The lowest BCUT2D eigenvalue weighted by Crippen LogP contribution is -2.20. The van der Waals surface area contributed by atoms with Crippen LogP contribution in [0.3, 0.4) is 0 Å². The van der Waals surface area contributed by atoms with Crippen LogP contribution in [0, 0.1) is 5.82 Å². The summed E-state index contributed by atoms with van der Waals surface area (Å²) in [5.74, 6) is -1.38. The summed E-state index contributed by atoms with van der Waals surface area (Å²) < 4.78 is 41.7. The van der Waals surface area contributed by atoms with Crippen LogP contribution < -0.4 is 15.4 Å². The normalized spacial score (nSPS) is 10.8. The molecule has 18 heavy (non-hydrogen) atoms. The Labute approximate surface area is 104 Å². The molecule has 0 saturated carbocycles. The van der Waals surface area contributed by atoms with Crippen LogP contribution in [0.15, 0.2) is 12.1 Å². The fraction of sp³-hybridized carbons (Fsp3) is 0.500. The van der Waals surface area contributed by atoms with E-state index in [0.29, 0.717) is 12.2 Å². The number of nitrogens with two attached hydrogens (primary N) is 1. The van der Waals surface area contributed by atoms with E-state index in [1.165, 1.54) is 6.07 Å². The molecule has 1 rings (SSSR count). The Balaban J connectivity index is 2.96. The predicted molar refractivity (Wildman–Crippen MR) is 65.6 cm³/mol. The van der Waals surface area contributed by atoms with Crippen molar-refractivity contribution in [3.63, 3.8) is 0 Å². The summed E-state index contributed by atoms with van der Waals surface area (Å²) >= 11 is 0. The average molecular weight is 262 g/mol. The standard InChI is InChI=1S/C12H17F3N2O/c1-3-4-5-17(2)10-7-11(18-12(14)15)8(13)6-9(10)16/h6-7,12H,3-5,16H2,1-2H3. The molecule has 102 valence electrons. The Bertz CT molecular complexity index is 399. The van der Waals surface area contributed by atoms with Crippen molar-refractivity contribution < 1.29 is 17.9 Å². The van der Waals surface area contributed by atoms with Gasteiger partial charge in [-0.3, -0.25) is 0 Å². The third-order valence-corrected chi connectivity index (χ3v) is 2.56. The van der Waals surface area contributed by atoms with Crippen LogP contribution in [-0.4, -0.2) is 20.2 Å². The first kappa shape index (κ1) is 14.5. The number of nitrogen functional groups attached to an aromatic ring is 1. The van der Waals surface area contributed by atoms with Crippen LogP contribution in [0.4, 0.5) is 24.5 Å². The summed E-state index contributed by atoms with van der Waals surface area (Å²) in [6.45, 7) is -0.315. The lowest BCUT2D eigenvalue weighted by Gasteiger charge is -2.21. The maximum Gasteiger partial charge on any atom is 0.387 e. The highest BCUT2D eigenvalue weighted by Gasteiger charge is 2.15. The highest BCUT2D eigenvalue weighted by molar-refractivity contribution is 5.69. The number of hydrogen-bond donors (Lipinski definition) is 1. The van der Waals surface area contributed by atoms with Crippen molar-refractivity contribution >= 4 is 11.4 Å². The van der Waals surface area contributed by atoms with Crippen molar-refractivity contribution in [1.29, 1.82) is 0 Å². The second kappa shape index (κ2) is 6.37. The number of halogens is 3. The quantitative estimate of drug-likeness (QED) is 0.800. The number of unbranched alkanes of at least 4 members (excludes halogenated alkanes) is 1. The van der Waals surface area contributed by atoms with E-state index in [9.17, 15) is 13.2 Å². The van der Waals surface area contributed by atoms with Gasteiger partial charge in [0, 0.05) is 25.7 Å². The maximum absolute atomic E-state index is 13.3. The van der Waals surface area contributed by atoms with E-state index in [-0.39, 0.29) is 5.69 Å². The first-order valence-corrected chi connectivity index (χ1v) is 5.70. The lowest BCUT2D eigenvalue weighted by atomic mass is 10.2. The second-order valence-corrected chi connectivity index (χ2v) is 4.00. The molecule has 0 saturated heterocycles. The molecule has 0 amide bonds. The van der Waals surface area contributed by atoms with Gasteiger partial charge < -0.3 is 15.4 Å². The van der Waals surface area contributed by atoms with Crippen molar-refractivity contribution in [1.82, 2.24) is 0 Å². The molecular formula is C12H17F3N2O. The van der Waals surface area contributed by atoms with Gasteiger partial charge in [-0.15, -0.1) is 0 Å². The van der Waals surface area contributed by atoms with Gasteiger partial charge in [-0.25, -0.2) is 4.39 Å². The minimum atomic E-state index is -3.06. The zero-order valence-electron chi connectivity index (χ0n) is 10.4. The van der Waals surface area contributed by atoms with E-state index in [1.807, 2.05) is 6.92 Å². The van der Waals surface area contributed by atoms with Gasteiger partial charge in [-0.05, 0) is 6.42 Å². The average Bonchev–Trinajstić information content (AvgIpc) is 2.29. The van der Waals surface area contributed by atoms with Gasteiger partial charge in [0.25, 0.3) is 0 Å². The molecule has 0 fully saturated rings.